The van der Waals surface area contributed by atoms with E-state index >= 15 is 0 Å². The third-order valence-electron chi connectivity index (χ3n) is 1.87. The zero-order valence-corrected chi connectivity index (χ0v) is 8.69. The molecule has 0 fully saturated rings. The first kappa shape index (κ1) is 11.8. The molecule has 0 aliphatic carbocycles. The minimum atomic E-state index is -0.626. The molecule has 6 nitrogen and oxygen atoms in total. The molecule has 0 saturated carbocycles. The summed E-state index contributed by atoms with van der Waals surface area (Å²) < 4.78 is 4.84. The van der Waals surface area contributed by atoms with E-state index in [9.17, 15) is 14.7 Å². The molecule has 0 saturated heterocycles. The highest BCUT2D eigenvalue weighted by Gasteiger charge is 2.09. The molecule has 0 aliphatic rings. The van der Waals surface area contributed by atoms with E-state index in [0.717, 1.165) is 0 Å². The van der Waals surface area contributed by atoms with Crippen LogP contribution in [-0.2, 0) is 4.79 Å². The summed E-state index contributed by atoms with van der Waals surface area (Å²) in [7, 11) is 1.38. The number of benzene rings is 1. The third-order valence-corrected chi connectivity index (χ3v) is 1.87. The molecule has 16 heavy (non-hydrogen) atoms. The second-order valence-electron chi connectivity index (χ2n) is 3.04. The van der Waals surface area contributed by atoms with Crippen molar-refractivity contribution in [1.82, 2.24) is 5.32 Å². The van der Waals surface area contributed by atoms with Crippen LogP contribution in [0.4, 0.5) is 0 Å². The number of ether oxygens (including phenoxy) is 1. The number of carbonyl (C=O) groups excluding carboxylic acids is 2. The van der Waals surface area contributed by atoms with Gasteiger partial charge in [-0.1, -0.05) is 0 Å². The van der Waals surface area contributed by atoms with Crippen molar-refractivity contribution in [3.05, 3.63) is 23.8 Å². The van der Waals surface area contributed by atoms with Gasteiger partial charge in [0.25, 0.3) is 5.91 Å². The number of nitrogens with two attached hydrogens (primary N) is 1. The number of carbonyl (C=O) groups is 2. The fourth-order valence-corrected chi connectivity index (χ4v) is 1.09. The smallest absolute Gasteiger partial charge is 0.251 e. The molecule has 0 heterocycles. The van der Waals surface area contributed by atoms with Crippen molar-refractivity contribution in [2.45, 2.75) is 0 Å². The van der Waals surface area contributed by atoms with E-state index in [2.05, 4.69) is 5.32 Å². The van der Waals surface area contributed by atoms with Gasteiger partial charge in [0.15, 0.2) is 11.5 Å². The minimum absolute atomic E-state index is 0.0612. The van der Waals surface area contributed by atoms with Crippen LogP contribution in [0.15, 0.2) is 18.2 Å². The lowest BCUT2D eigenvalue weighted by molar-refractivity contribution is -0.117. The van der Waals surface area contributed by atoms with Crippen molar-refractivity contribution in [3.8, 4) is 11.5 Å². The maximum absolute atomic E-state index is 11.5. The Kier molecular flexibility index (Phi) is 3.71. The average Bonchev–Trinajstić information content (AvgIpc) is 2.26. The summed E-state index contributed by atoms with van der Waals surface area (Å²) in [5.74, 6) is -0.961. The van der Waals surface area contributed by atoms with Crippen molar-refractivity contribution in [3.63, 3.8) is 0 Å². The minimum Gasteiger partial charge on any atom is -0.504 e. The van der Waals surface area contributed by atoms with Crippen LogP contribution >= 0.6 is 0 Å². The van der Waals surface area contributed by atoms with Gasteiger partial charge in [0.2, 0.25) is 5.91 Å². The maximum Gasteiger partial charge on any atom is 0.251 e. The zero-order chi connectivity index (χ0) is 12.1. The molecule has 0 bridgehead atoms. The van der Waals surface area contributed by atoms with Crippen LogP contribution in [-0.4, -0.2) is 30.6 Å². The summed E-state index contributed by atoms with van der Waals surface area (Å²) in [5.41, 5.74) is 5.15. The van der Waals surface area contributed by atoms with Crippen LogP contribution < -0.4 is 15.8 Å². The molecule has 0 radical (unpaired) electrons. The van der Waals surface area contributed by atoms with Gasteiger partial charge in [0.1, 0.15) is 0 Å². The molecule has 1 aromatic rings. The summed E-state index contributed by atoms with van der Waals surface area (Å²) in [6.45, 7) is -0.234. The van der Waals surface area contributed by atoms with E-state index in [1.165, 1.54) is 25.3 Å². The SMILES string of the molecule is COc1cc(C(=O)NCC(N)=O)ccc1O. The van der Waals surface area contributed by atoms with Gasteiger partial charge in [0.05, 0.1) is 13.7 Å². The predicted octanol–water partition coefficient (Wildman–Crippen LogP) is -0.384. The molecule has 0 aromatic heterocycles. The highest BCUT2D eigenvalue weighted by Crippen LogP contribution is 2.25. The number of phenolic OH excluding ortho intramolecular Hbond substituents is 1. The summed E-state index contributed by atoms with van der Waals surface area (Å²) in [4.78, 5) is 21.9. The number of nitrogens with one attached hydrogen (secondary N) is 1. The fourth-order valence-electron chi connectivity index (χ4n) is 1.09. The summed E-state index contributed by atoms with van der Waals surface area (Å²) in [5, 5.41) is 11.6. The normalized spacial score (nSPS) is 9.56. The van der Waals surface area contributed by atoms with Gasteiger partial charge >= 0.3 is 0 Å². The molecule has 86 valence electrons. The van der Waals surface area contributed by atoms with Gasteiger partial charge in [0, 0.05) is 5.56 Å². The van der Waals surface area contributed by atoms with Crippen molar-refractivity contribution in [2.24, 2.45) is 5.73 Å². The molecule has 0 atom stereocenters. The largest absolute Gasteiger partial charge is 0.504 e. The fraction of sp³-hybridized carbons (Fsp3) is 0.200. The number of rotatable bonds is 4. The first-order valence-electron chi connectivity index (χ1n) is 4.48. The Bertz CT molecular complexity index is 417. The summed E-state index contributed by atoms with van der Waals surface area (Å²) in [6, 6.07) is 4.11. The van der Waals surface area contributed by atoms with E-state index in [1.54, 1.807) is 0 Å². The molecule has 0 aliphatic heterocycles. The molecule has 6 heteroatoms. The highest BCUT2D eigenvalue weighted by atomic mass is 16.5. The number of phenols is 1. The third kappa shape index (κ3) is 2.88. The molecular weight excluding hydrogens is 212 g/mol. The summed E-state index contributed by atoms with van der Waals surface area (Å²) >= 11 is 0. The van der Waals surface area contributed by atoms with Gasteiger partial charge in [-0.15, -0.1) is 0 Å². The van der Waals surface area contributed by atoms with Crippen molar-refractivity contribution in [1.29, 1.82) is 0 Å². The summed E-state index contributed by atoms with van der Waals surface area (Å²) in [6.07, 6.45) is 0. The van der Waals surface area contributed by atoms with Crippen LogP contribution in [0.1, 0.15) is 10.4 Å². The van der Waals surface area contributed by atoms with Crippen LogP contribution in [0.2, 0.25) is 0 Å². The molecule has 0 unspecified atom stereocenters. The number of aromatic hydroxyl groups is 1. The number of primary amides is 1. The topological polar surface area (TPSA) is 102 Å². The molecule has 1 rings (SSSR count). The lowest BCUT2D eigenvalue weighted by Gasteiger charge is -2.06. The second kappa shape index (κ2) is 5.01. The lowest BCUT2D eigenvalue weighted by atomic mass is 10.2. The zero-order valence-electron chi connectivity index (χ0n) is 8.69. The molecule has 2 amide bonds. The van der Waals surface area contributed by atoms with Crippen LogP contribution in [0.3, 0.4) is 0 Å². The monoisotopic (exact) mass is 224 g/mol. The van der Waals surface area contributed by atoms with E-state index in [1.807, 2.05) is 0 Å². The maximum atomic E-state index is 11.5. The first-order valence-corrected chi connectivity index (χ1v) is 4.48. The standard InChI is InChI=1S/C10H12N2O4/c1-16-8-4-6(2-3-7(8)13)10(15)12-5-9(11)14/h2-4,13H,5H2,1H3,(H2,11,14)(H,12,15). The first-order chi connectivity index (χ1) is 7.54. The highest BCUT2D eigenvalue weighted by molar-refractivity contribution is 5.96. The van der Waals surface area contributed by atoms with Gasteiger partial charge in [-0.05, 0) is 18.2 Å². The van der Waals surface area contributed by atoms with E-state index < -0.39 is 11.8 Å². The quantitative estimate of drug-likeness (QED) is 0.648. The Morgan fingerprint density at radius 1 is 1.50 bits per heavy atom. The number of amides is 2. The Hall–Kier alpha value is -2.24. The van der Waals surface area contributed by atoms with E-state index in [-0.39, 0.29) is 23.6 Å². The number of methoxy groups -OCH3 is 1. The predicted molar refractivity (Wildman–Crippen MR) is 56.2 cm³/mol. The van der Waals surface area contributed by atoms with Gasteiger partial charge < -0.3 is 20.9 Å². The van der Waals surface area contributed by atoms with Crippen molar-refractivity contribution < 1.29 is 19.4 Å². The second-order valence-corrected chi connectivity index (χ2v) is 3.04. The Labute approximate surface area is 92.0 Å². The van der Waals surface area contributed by atoms with Gasteiger partial charge in [-0.25, -0.2) is 0 Å². The molecule has 1 aromatic carbocycles. The average molecular weight is 224 g/mol. The molecule has 4 N–H and O–H groups in total. The number of hydrogen-bond acceptors (Lipinski definition) is 4. The van der Waals surface area contributed by atoms with Crippen molar-refractivity contribution >= 4 is 11.8 Å². The molecule has 0 spiro atoms. The number of hydrogen-bond donors (Lipinski definition) is 3. The Morgan fingerprint density at radius 2 is 2.19 bits per heavy atom. The van der Waals surface area contributed by atoms with Gasteiger partial charge in [-0.2, -0.15) is 0 Å². The Morgan fingerprint density at radius 3 is 2.75 bits per heavy atom. The van der Waals surface area contributed by atoms with Crippen molar-refractivity contribution in [2.75, 3.05) is 13.7 Å². The van der Waals surface area contributed by atoms with Crippen LogP contribution in [0, 0.1) is 0 Å². The molecular formula is C10H12N2O4. The lowest BCUT2D eigenvalue weighted by Crippen LogP contribution is -2.33. The van der Waals surface area contributed by atoms with Crippen LogP contribution in [0.25, 0.3) is 0 Å². The van der Waals surface area contributed by atoms with Gasteiger partial charge in [-0.3, -0.25) is 9.59 Å². The van der Waals surface area contributed by atoms with Crippen LogP contribution in [0.5, 0.6) is 11.5 Å². The van der Waals surface area contributed by atoms with E-state index in [4.69, 9.17) is 10.5 Å². The Balaban J connectivity index is 2.80. The van der Waals surface area contributed by atoms with E-state index in [0.29, 0.717) is 0 Å².